The van der Waals surface area contributed by atoms with E-state index in [1.54, 1.807) is 0 Å². The smallest absolute Gasteiger partial charge is 0.295 e. The topological polar surface area (TPSA) is 71.3 Å². The second kappa shape index (κ2) is 4.59. The van der Waals surface area contributed by atoms with Crippen LogP contribution in [0.1, 0.15) is 62.1 Å². The molecule has 1 N–H and O–H groups in total. The molecule has 6 heteroatoms. The van der Waals surface area contributed by atoms with Crippen molar-refractivity contribution in [3.63, 3.8) is 0 Å². The number of hydrogen-bond donors (Lipinski definition) is 1. The van der Waals surface area contributed by atoms with Crippen LogP contribution >= 0.6 is 0 Å². The molecular formula is C13H20N4O2. The fraction of sp³-hybridized carbons (Fsp3) is 0.769. The molecule has 3 heterocycles. The highest BCUT2D eigenvalue weighted by Crippen LogP contribution is 2.29. The summed E-state index contributed by atoms with van der Waals surface area (Å²) in [5.74, 6) is 0.618. The van der Waals surface area contributed by atoms with E-state index in [0.29, 0.717) is 5.89 Å². The Labute approximate surface area is 112 Å². The zero-order valence-corrected chi connectivity index (χ0v) is 11.5. The molecule has 1 aromatic rings. The highest BCUT2D eigenvalue weighted by Gasteiger charge is 2.38. The number of rotatable bonds is 2. The van der Waals surface area contributed by atoms with Gasteiger partial charge in [0.05, 0.1) is 6.04 Å². The predicted molar refractivity (Wildman–Crippen MR) is 68.6 cm³/mol. The largest absolute Gasteiger partial charge is 0.337 e. The van der Waals surface area contributed by atoms with Gasteiger partial charge in [0, 0.05) is 12.1 Å². The summed E-state index contributed by atoms with van der Waals surface area (Å²) < 4.78 is 5.23. The number of carbonyl (C=O) groups is 1. The number of likely N-dealkylation sites (tertiary alicyclic amines) is 1. The van der Waals surface area contributed by atoms with Gasteiger partial charge in [0.2, 0.25) is 5.89 Å². The van der Waals surface area contributed by atoms with Crippen LogP contribution in [0.15, 0.2) is 4.52 Å². The van der Waals surface area contributed by atoms with Crippen LogP contribution < -0.4 is 5.32 Å². The molecule has 1 amide bonds. The molecule has 0 bridgehead atoms. The summed E-state index contributed by atoms with van der Waals surface area (Å²) in [5, 5.41) is 7.14. The molecule has 2 aliphatic rings. The van der Waals surface area contributed by atoms with E-state index < -0.39 is 0 Å². The molecule has 2 saturated heterocycles. The van der Waals surface area contributed by atoms with Gasteiger partial charge >= 0.3 is 0 Å². The van der Waals surface area contributed by atoms with Gasteiger partial charge in [-0.2, -0.15) is 4.98 Å². The average molecular weight is 264 g/mol. The summed E-state index contributed by atoms with van der Waals surface area (Å²) in [4.78, 5) is 18.5. The van der Waals surface area contributed by atoms with E-state index in [2.05, 4.69) is 29.3 Å². The van der Waals surface area contributed by atoms with Gasteiger partial charge in [-0.25, -0.2) is 0 Å². The van der Waals surface area contributed by atoms with Gasteiger partial charge in [-0.3, -0.25) is 4.79 Å². The Kier molecular flexibility index (Phi) is 3.05. The van der Waals surface area contributed by atoms with E-state index >= 15 is 0 Å². The van der Waals surface area contributed by atoms with E-state index in [-0.39, 0.29) is 23.3 Å². The highest BCUT2D eigenvalue weighted by molar-refractivity contribution is 5.91. The third-order valence-corrected chi connectivity index (χ3v) is 4.14. The number of hydrogen-bond acceptors (Lipinski definition) is 5. The fourth-order valence-electron chi connectivity index (χ4n) is 2.96. The molecule has 2 fully saturated rings. The van der Waals surface area contributed by atoms with Crippen molar-refractivity contribution in [2.75, 3.05) is 13.1 Å². The maximum absolute atomic E-state index is 12.4. The van der Waals surface area contributed by atoms with Gasteiger partial charge < -0.3 is 14.7 Å². The Hall–Kier alpha value is -1.43. The first-order valence-electron chi connectivity index (χ1n) is 6.97. The Morgan fingerprint density at radius 1 is 1.47 bits per heavy atom. The van der Waals surface area contributed by atoms with Crippen LogP contribution in [0.4, 0.5) is 0 Å². The molecule has 1 atom stereocenters. The van der Waals surface area contributed by atoms with E-state index in [0.717, 1.165) is 38.8 Å². The van der Waals surface area contributed by atoms with Crippen molar-refractivity contribution in [2.24, 2.45) is 0 Å². The first-order valence-corrected chi connectivity index (χ1v) is 6.97. The van der Waals surface area contributed by atoms with Crippen molar-refractivity contribution in [1.82, 2.24) is 20.4 Å². The Bertz CT molecular complexity index is 477. The lowest BCUT2D eigenvalue weighted by Gasteiger charge is -2.30. The van der Waals surface area contributed by atoms with Crippen LogP contribution in [0.5, 0.6) is 0 Å². The minimum absolute atomic E-state index is 0.108. The number of aromatic nitrogens is 2. The highest BCUT2D eigenvalue weighted by atomic mass is 16.5. The average Bonchev–Trinajstić information content (AvgIpc) is 3.06. The van der Waals surface area contributed by atoms with Crippen LogP contribution in [0.2, 0.25) is 0 Å². The van der Waals surface area contributed by atoms with Crippen LogP contribution in [0.3, 0.4) is 0 Å². The second-order valence-corrected chi connectivity index (χ2v) is 5.98. The standard InChI is InChI=1S/C13H20N4O2/c1-13(2)6-4-8-17(13)12(18)10-15-11(19-16-10)9-5-3-7-14-9/h9,14H,3-8H2,1-2H3. The number of carbonyl (C=O) groups excluding carboxylic acids is 1. The lowest BCUT2D eigenvalue weighted by Crippen LogP contribution is -2.43. The van der Waals surface area contributed by atoms with Crippen LogP contribution in [-0.2, 0) is 0 Å². The lowest BCUT2D eigenvalue weighted by atomic mass is 10.0. The summed E-state index contributed by atoms with van der Waals surface area (Å²) in [5.41, 5.74) is -0.108. The SMILES string of the molecule is CC1(C)CCCN1C(=O)c1noc(C2CCCN2)n1. The Balaban J connectivity index is 1.77. The lowest BCUT2D eigenvalue weighted by molar-refractivity contribution is 0.0636. The van der Waals surface area contributed by atoms with Crippen molar-refractivity contribution in [3.8, 4) is 0 Å². The van der Waals surface area contributed by atoms with Gasteiger partial charge in [-0.15, -0.1) is 0 Å². The van der Waals surface area contributed by atoms with Crippen molar-refractivity contribution < 1.29 is 9.32 Å². The second-order valence-electron chi connectivity index (χ2n) is 5.98. The van der Waals surface area contributed by atoms with Gasteiger partial charge in [-0.1, -0.05) is 5.16 Å². The molecule has 1 aromatic heterocycles. The first-order chi connectivity index (χ1) is 9.08. The van der Waals surface area contributed by atoms with Crippen molar-refractivity contribution in [1.29, 1.82) is 0 Å². The van der Waals surface area contributed by atoms with Crippen LogP contribution in [0, 0.1) is 0 Å². The normalized spacial score (nSPS) is 26.0. The summed E-state index contributed by atoms with van der Waals surface area (Å²) in [6.45, 7) is 5.90. The molecule has 6 nitrogen and oxygen atoms in total. The maximum Gasteiger partial charge on any atom is 0.295 e. The first kappa shape index (κ1) is 12.6. The maximum atomic E-state index is 12.4. The molecule has 0 saturated carbocycles. The molecular weight excluding hydrogens is 244 g/mol. The predicted octanol–water partition coefficient (Wildman–Crippen LogP) is 1.51. The molecule has 3 rings (SSSR count). The quantitative estimate of drug-likeness (QED) is 0.876. The zero-order chi connectivity index (χ0) is 13.5. The third kappa shape index (κ3) is 2.25. The van der Waals surface area contributed by atoms with E-state index in [1.807, 2.05) is 4.90 Å². The molecule has 0 aromatic carbocycles. The molecule has 19 heavy (non-hydrogen) atoms. The zero-order valence-electron chi connectivity index (χ0n) is 11.5. The number of amides is 1. The van der Waals surface area contributed by atoms with Crippen molar-refractivity contribution in [2.45, 2.75) is 51.1 Å². The Morgan fingerprint density at radius 3 is 2.95 bits per heavy atom. The van der Waals surface area contributed by atoms with Crippen molar-refractivity contribution in [3.05, 3.63) is 11.7 Å². The van der Waals surface area contributed by atoms with Gasteiger partial charge in [-0.05, 0) is 46.1 Å². The molecule has 0 spiro atoms. The monoisotopic (exact) mass is 264 g/mol. The van der Waals surface area contributed by atoms with Gasteiger partial charge in [0.1, 0.15) is 0 Å². The Morgan fingerprint density at radius 2 is 2.32 bits per heavy atom. The summed E-state index contributed by atoms with van der Waals surface area (Å²) in [6.07, 6.45) is 4.15. The van der Waals surface area contributed by atoms with E-state index in [4.69, 9.17) is 4.52 Å². The molecule has 104 valence electrons. The minimum atomic E-state index is -0.115. The number of nitrogens with one attached hydrogen (secondary N) is 1. The van der Waals surface area contributed by atoms with Crippen molar-refractivity contribution >= 4 is 5.91 Å². The fourth-order valence-corrected chi connectivity index (χ4v) is 2.96. The van der Waals surface area contributed by atoms with E-state index in [9.17, 15) is 4.79 Å². The number of nitrogens with zero attached hydrogens (tertiary/aromatic N) is 3. The third-order valence-electron chi connectivity index (χ3n) is 4.14. The molecule has 0 radical (unpaired) electrons. The molecule has 0 aliphatic carbocycles. The van der Waals surface area contributed by atoms with Gasteiger partial charge in [0.15, 0.2) is 0 Å². The summed E-state index contributed by atoms with van der Waals surface area (Å²) in [6, 6.07) is 0.112. The summed E-state index contributed by atoms with van der Waals surface area (Å²) in [7, 11) is 0. The van der Waals surface area contributed by atoms with Crippen LogP contribution in [0.25, 0.3) is 0 Å². The van der Waals surface area contributed by atoms with Crippen LogP contribution in [-0.4, -0.2) is 39.6 Å². The minimum Gasteiger partial charge on any atom is -0.337 e. The molecule has 2 aliphatic heterocycles. The molecule has 1 unspecified atom stereocenters. The van der Waals surface area contributed by atoms with Gasteiger partial charge in [0.25, 0.3) is 11.7 Å². The van der Waals surface area contributed by atoms with E-state index in [1.165, 1.54) is 0 Å². The summed E-state index contributed by atoms with van der Waals surface area (Å²) >= 11 is 0.